The molecule has 0 fully saturated rings. The second-order valence-corrected chi connectivity index (χ2v) is 5.95. The molecule has 1 aromatic heterocycles. The molecule has 0 atom stereocenters. The Morgan fingerprint density at radius 1 is 1.06 bits per heavy atom. The highest BCUT2D eigenvalue weighted by Crippen LogP contribution is 2.21. The van der Waals surface area contributed by atoms with Crippen molar-refractivity contribution in [3.8, 4) is 0 Å². The van der Waals surface area contributed by atoms with Gasteiger partial charge in [-0.1, -0.05) is 17.7 Å². The number of nitrogens with zero attached hydrogens (tertiary/aromatic N) is 2. The van der Waals surface area contributed by atoms with Gasteiger partial charge in [-0.05, 0) is 69.3 Å². The lowest BCUT2D eigenvalue weighted by molar-refractivity contribution is 0.662. The molecule has 0 unspecified atom stereocenters. The van der Waals surface area contributed by atoms with Gasteiger partial charge in [0.1, 0.15) is 9.21 Å². The summed E-state index contributed by atoms with van der Waals surface area (Å²) in [5.74, 6) is 0. The molecule has 0 bridgehead atoms. The molecule has 2 nitrogen and oxygen atoms in total. The molecule has 2 rings (SSSR count). The van der Waals surface area contributed by atoms with E-state index in [1.54, 1.807) is 0 Å². The van der Waals surface area contributed by atoms with Gasteiger partial charge in [0, 0.05) is 6.07 Å². The van der Waals surface area contributed by atoms with Crippen LogP contribution in [0.25, 0.3) is 0 Å². The second kappa shape index (κ2) is 4.94. The fourth-order valence-corrected chi connectivity index (χ4v) is 3.22. The maximum absolute atomic E-state index is 4.40. The van der Waals surface area contributed by atoms with Gasteiger partial charge in [0.25, 0.3) is 0 Å². The van der Waals surface area contributed by atoms with E-state index in [9.17, 15) is 0 Å². The quantitative estimate of drug-likeness (QED) is 0.779. The van der Waals surface area contributed by atoms with Gasteiger partial charge in [-0.15, -0.1) is 0 Å². The Morgan fingerprint density at radius 3 is 2.12 bits per heavy atom. The number of hydrogen-bond acceptors (Lipinski definition) is 1. The minimum atomic E-state index is 0.796. The molecular weight excluding hydrogens is 344 g/mol. The lowest BCUT2D eigenvalue weighted by atomic mass is 10.00. The summed E-state index contributed by atoms with van der Waals surface area (Å²) in [6, 6.07) is 6.39. The molecular formula is C13H14Br2N2. The highest BCUT2D eigenvalue weighted by atomic mass is 79.9. The molecule has 0 saturated carbocycles. The van der Waals surface area contributed by atoms with Crippen LogP contribution in [-0.2, 0) is 6.54 Å². The van der Waals surface area contributed by atoms with Crippen molar-refractivity contribution >= 4 is 31.9 Å². The molecule has 0 radical (unpaired) electrons. The molecule has 0 amide bonds. The summed E-state index contributed by atoms with van der Waals surface area (Å²) in [5, 5.41) is 4.40. The van der Waals surface area contributed by atoms with Crippen molar-refractivity contribution in [2.75, 3.05) is 0 Å². The summed E-state index contributed by atoms with van der Waals surface area (Å²) in [4.78, 5) is 0. The maximum atomic E-state index is 4.40. The highest BCUT2D eigenvalue weighted by Gasteiger charge is 2.08. The minimum absolute atomic E-state index is 0.796. The highest BCUT2D eigenvalue weighted by molar-refractivity contribution is 9.11. The summed E-state index contributed by atoms with van der Waals surface area (Å²) >= 11 is 6.89. The molecule has 1 heterocycles. The maximum Gasteiger partial charge on any atom is 0.129 e. The molecule has 0 spiro atoms. The van der Waals surface area contributed by atoms with Gasteiger partial charge >= 0.3 is 0 Å². The zero-order valence-corrected chi connectivity index (χ0v) is 13.3. The van der Waals surface area contributed by atoms with Crippen LogP contribution < -0.4 is 0 Å². The Labute approximate surface area is 118 Å². The van der Waals surface area contributed by atoms with Crippen LogP contribution in [0.5, 0.6) is 0 Å². The first kappa shape index (κ1) is 12.8. The monoisotopic (exact) mass is 356 g/mol. The molecule has 4 heteroatoms. The number of benzene rings is 1. The van der Waals surface area contributed by atoms with Crippen molar-refractivity contribution in [2.45, 2.75) is 27.3 Å². The Morgan fingerprint density at radius 2 is 1.65 bits per heavy atom. The third-order valence-electron chi connectivity index (χ3n) is 2.85. The first-order valence-electron chi connectivity index (χ1n) is 5.43. The van der Waals surface area contributed by atoms with Crippen molar-refractivity contribution in [1.82, 2.24) is 9.78 Å². The van der Waals surface area contributed by atoms with E-state index in [1.807, 2.05) is 10.7 Å². The normalized spacial score (nSPS) is 10.9. The summed E-state index contributed by atoms with van der Waals surface area (Å²) < 4.78 is 3.80. The molecule has 0 N–H and O–H groups in total. The summed E-state index contributed by atoms with van der Waals surface area (Å²) in [5.41, 5.74) is 5.29. The number of aromatic nitrogens is 2. The van der Waals surface area contributed by atoms with Crippen LogP contribution in [0.2, 0.25) is 0 Å². The van der Waals surface area contributed by atoms with Crippen LogP contribution in [0.3, 0.4) is 0 Å². The second-order valence-electron chi connectivity index (χ2n) is 4.32. The zero-order chi connectivity index (χ0) is 12.6. The van der Waals surface area contributed by atoms with Crippen LogP contribution in [-0.4, -0.2) is 9.78 Å². The van der Waals surface area contributed by atoms with Gasteiger partial charge in [-0.2, -0.15) is 5.10 Å². The predicted molar refractivity (Wildman–Crippen MR) is 77.4 cm³/mol. The number of rotatable bonds is 2. The van der Waals surface area contributed by atoms with Gasteiger partial charge in [0.05, 0.1) is 6.54 Å². The van der Waals surface area contributed by atoms with Gasteiger partial charge in [-0.3, -0.25) is 4.68 Å². The predicted octanol–water partition coefficient (Wildman–Crippen LogP) is 4.38. The molecule has 0 aliphatic heterocycles. The molecule has 0 aliphatic rings. The zero-order valence-electron chi connectivity index (χ0n) is 10.1. The minimum Gasteiger partial charge on any atom is -0.253 e. The van der Waals surface area contributed by atoms with Crippen molar-refractivity contribution in [1.29, 1.82) is 0 Å². The standard InChI is InChI=1S/C13H14Br2N2/c1-8-4-9(2)11(10(3)5-8)7-17-13(15)6-12(14)16-17/h4-6H,7H2,1-3H3. The van der Waals surface area contributed by atoms with Crippen LogP contribution in [0.15, 0.2) is 27.4 Å². The van der Waals surface area contributed by atoms with E-state index in [4.69, 9.17) is 0 Å². The Bertz CT molecular complexity index is 536. The fourth-order valence-electron chi connectivity index (χ4n) is 2.08. The molecule has 0 aliphatic carbocycles. The van der Waals surface area contributed by atoms with Gasteiger partial charge < -0.3 is 0 Å². The van der Waals surface area contributed by atoms with E-state index in [-0.39, 0.29) is 0 Å². The number of aryl methyl sites for hydroxylation is 3. The average Bonchev–Trinajstić information content (AvgIpc) is 2.51. The molecule has 2 aromatic rings. The number of halogens is 2. The van der Waals surface area contributed by atoms with Crippen LogP contribution in [0.1, 0.15) is 22.3 Å². The SMILES string of the molecule is Cc1cc(C)c(Cn2nc(Br)cc2Br)c(C)c1. The van der Waals surface area contributed by atoms with E-state index >= 15 is 0 Å². The smallest absolute Gasteiger partial charge is 0.129 e. The Kier molecular flexibility index (Phi) is 3.73. The van der Waals surface area contributed by atoms with Crippen molar-refractivity contribution < 1.29 is 0 Å². The Hall–Kier alpha value is -0.610. The lowest BCUT2D eigenvalue weighted by Crippen LogP contribution is -2.06. The largest absolute Gasteiger partial charge is 0.253 e. The third kappa shape index (κ3) is 2.80. The van der Waals surface area contributed by atoms with Crippen molar-refractivity contribution in [3.05, 3.63) is 49.7 Å². The van der Waals surface area contributed by atoms with E-state index in [0.29, 0.717) is 0 Å². The van der Waals surface area contributed by atoms with Crippen LogP contribution in [0.4, 0.5) is 0 Å². The van der Waals surface area contributed by atoms with Gasteiger partial charge in [-0.25, -0.2) is 0 Å². The van der Waals surface area contributed by atoms with Crippen molar-refractivity contribution in [2.24, 2.45) is 0 Å². The molecule has 90 valence electrons. The molecule has 0 saturated heterocycles. The van der Waals surface area contributed by atoms with E-state index in [1.165, 1.54) is 22.3 Å². The topological polar surface area (TPSA) is 17.8 Å². The van der Waals surface area contributed by atoms with Crippen molar-refractivity contribution in [3.63, 3.8) is 0 Å². The molecule has 17 heavy (non-hydrogen) atoms. The summed E-state index contributed by atoms with van der Waals surface area (Å²) in [7, 11) is 0. The fraction of sp³-hybridized carbons (Fsp3) is 0.308. The first-order valence-corrected chi connectivity index (χ1v) is 7.01. The van der Waals surface area contributed by atoms with Crippen LogP contribution >= 0.6 is 31.9 Å². The average molecular weight is 358 g/mol. The summed E-state index contributed by atoms with van der Waals surface area (Å²) in [6.07, 6.45) is 0. The molecule has 1 aromatic carbocycles. The van der Waals surface area contributed by atoms with Crippen LogP contribution in [0, 0.1) is 20.8 Å². The number of hydrogen-bond donors (Lipinski definition) is 0. The van der Waals surface area contributed by atoms with Gasteiger partial charge in [0.15, 0.2) is 0 Å². The Balaban J connectivity index is 2.39. The van der Waals surface area contributed by atoms with E-state index < -0.39 is 0 Å². The summed E-state index contributed by atoms with van der Waals surface area (Å²) in [6.45, 7) is 7.23. The van der Waals surface area contributed by atoms with E-state index in [2.05, 4.69) is 69.9 Å². The van der Waals surface area contributed by atoms with E-state index in [0.717, 1.165) is 15.8 Å². The van der Waals surface area contributed by atoms with Gasteiger partial charge in [0.2, 0.25) is 0 Å². The lowest BCUT2D eigenvalue weighted by Gasteiger charge is -2.12. The first-order chi connectivity index (χ1) is 7.97. The third-order valence-corrected chi connectivity index (χ3v) is 3.88.